The van der Waals surface area contributed by atoms with Crippen molar-refractivity contribution in [2.24, 2.45) is 0 Å². The summed E-state index contributed by atoms with van der Waals surface area (Å²) in [6.07, 6.45) is 3.99. The Kier molecular flexibility index (Phi) is 8.00. The number of piperazine rings is 1. The van der Waals surface area contributed by atoms with Crippen LogP contribution in [0.3, 0.4) is 0 Å². The van der Waals surface area contributed by atoms with Gasteiger partial charge in [0.05, 0.1) is 17.7 Å². The number of fused-ring (bicyclic) bond motifs is 1. The number of anilines is 1. The van der Waals surface area contributed by atoms with Crippen LogP contribution < -0.4 is 4.90 Å². The lowest BCUT2D eigenvalue weighted by atomic mass is 9.94. The second-order valence-electron chi connectivity index (χ2n) is 11.1. The molecule has 1 aromatic carbocycles. The van der Waals surface area contributed by atoms with Gasteiger partial charge in [0.2, 0.25) is 5.91 Å². The van der Waals surface area contributed by atoms with Crippen LogP contribution in [0.1, 0.15) is 60.9 Å². The van der Waals surface area contributed by atoms with Gasteiger partial charge in [-0.3, -0.25) is 4.79 Å². The number of hydrogen-bond donors (Lipinski definition) is 1. The molecule has 1 aliphatic carbocycles. The van der Waals surface area contributed by atoms with Gasteiger partial charge in [-0.15, -0.1) is 0 Å². The number of benzene rings is 1. The van der Waals surface area contributed by atoms with Crippen molar-refractivity contribution in [3.63, 3.8) is 0 Å². The number of carbonyl (C=O) groups is 1. The van der Waals surface area contributed by atoms with Gasteiger partial charge >= 0.3 is 0 Å². The molecule has 3 aliphatic rings. The second-order valence-corrected chi connectivity index (χ2v) is 11.5. The Balaban J connectivity index is 1.28. The molecule has 200 valence electrons. The van der Waals surface area contributed by atoms with Crippen LogP contribution in [0.4, 0.5) is 5.82 Å². The molecule has 2 aromatic rings. The molecule has 2 fully saturated rings. The van der Waals surface area contributed by atoms with Gasteiger partial charge in [-0.05, 0) is 70.1 Å². The lowest BCUT2D eigenvalue weighted by molar-refractivity contribution is -0.133. The molecule has 5 rings (SSSR count). The van der Waals surface area contributed by atoms with Crippen molar-refractivity contribution in [1.82, 2.24) is 24.7 Å². The number of likely N-dealkylation sites (tertiary alicyclic amines) is 1. The van der Waals surface area contributed by atoms with Gasteiger partial charge in [-0.1, -0.05) is 30.7 Å². The third-order valence-electron chi connectivity index (χ3n) is 8.47. The average Bonchev–Trinajstić information content (AvgIpc) is 3.21. The molecule has 2 saturated heterocycles. The largest absolute Gasteiger partial charge is 0.387 e. The normalized spacial score (nSPS) is 23.9. The maximum absolute atomic E-state index is 13.9. The minimum absolute atomic E-state index is 0.188. The molecule has 0 saturated carbocycles. The Morgan fingerprint density at radius 3 is 2.41 bits per heavy atom. The molecule has 0 unspecified atom stereocenters. The number of halogens is 1. The number of piperidine rings is 1. The van der Waals surface area contributed by atoms with Crippen LogP contribution in [0.5, 0.6) is 0 Å². The molecule has 8 nitrogen and oxygen atoms in total. The topological polar surface area (TPSA) is 76.0 Å². The molecule has 0 radical (unpaired) electrons. The summed E-state index contributed by atoms with van der Waals surface area (Å²) < 4.78 is 0. The number of rotatable bonds is 6. The van der Waals surface area contributed by atoms with E-state index >= 15 is 0 Å². The minimum Gasteiger partial charge on any atom is -0.387 e. The van der Waals surface area contributed by atoms with E-state index in [4.69, 9.17) is 11.6 Å². The molecule has 1 aromatic heterocycles. The van der Waals surface area contributed by atoms with Crippen molar-refractivity contribution in [3.05, 3.63) is 52.4 Å². The molecular weight excluding hydrogens is 488 g/mol. The zero-order valence-electron chi connectivity index (χ0n) is 22.2. The van der Waals surface area contributed by atoms with Crippen LogP contribution in [-0.2, 0) is 4.79 Å². The Bertz CT molecular complexity index is 1080. The van der Waals surface area contributed by atoms with Gasteiger partial charge in [-0.2, -0.15) is 0 Å². The van der Waals surface area contributed by atoms with Crippen molar-refractivity contribution >= 4 is 23.3 Å². The lowest BCUT2D eigenvalue weighted by Gasteiger charge is -2.40. The number of carbonyl (C=O) groups excluding carboxylic acids is 1. The van der Waals surface area contributed by atoms with Crippen LogP contribution in [-0.4, -0.2) is 102 Å². The Hall–Kier alpha value is -2.26. The van der Waals surface area contributed by atoms with Crippen LogP contribution in [0.25, 0.3) is 0 Å². The first kappa shape index (κ1) is 26.4. The maximum atomic E-state index is 13.9. The summed E-state index contributed by atoms with van der Waals surface area (Å²) in [5, 5.41) is 11.1. The predicted octanol–water partition coefficient (Wildman–Crippen LogP) is 3.13. The first-order valence-corrected chi connectivity index (χ1v) is 13.9. The summed E-state index contributed by atoms with van der Waals surface area (Å²) >= 11 is 6.17. The number of amides is 1. The first-order chi connectivity index (χ1) is 17.8. The van der Waals surface area contributed by atoms with Crippen LogP contribution in [0.15, 0.2) is 30.6 Å². The summed E-state index contributed by atoms with van der Waals surface area (Å²) in [5.74, 6) is 1.12. The van der Waals surface area contributed by atoms with Crippen LogP contribution in [0, 0.1) is 0 Å². The van der Waals surface area contributed by atoms with Gasteiger partial charge < -0.3 is 24.7 Å². The summed E-state index contributed by atoms with van der Waals surface area (Å²) in [6.45, 7) is 7.63. The fourth-order valence-electron chi connectivity index (χ4n) is 6.21. The van der Waals surface area contributed by atoms with Gasteiger partial charge in [0.1, 0.15) is 12.1 Å². The van der Waals surface area contributed by atoms with Crippen LogP contribution >= 0.6 is 11.6 Å². The quantitative estimate of drug-likeness (QED) is 0.619. The molecular formula is C28H39ClN6O2. The number of nitrogens with zero attached hydrogens (tertiary/aromatic N) is 6. The van der Waals surface area contributed by atoms with Crippen molar-refractivity contribution < 1.29 is 9.90 Å². The zero-order valence-corrected chi connectivity index (χ0v) is 22.9. The summed E-state index contributed by atoms with van der Waals surface area (Å²) in [4.78, 5) is 31.9. The smallest absolute Gasteiger partial charge is 0.231 e. The summed E-state index contributed by atoms with van der Waals surface area (Å²) in [7, 11) is 4.30. The van der Waals surface area contributed by atoms with Crippen molar-refractivity contribution in [1.29, 1.82) is 0 Å². The number of aliphatic hydroxyl groups excluding tert-OH is 1. The number of hydrogen-bond acceptors (Lipinski definition) is 7. The minimum atomic E-state index is -0.516. The lowest BCUT2D eigenvalue weighted by Crippen LogP contribution is -2.52. The van der Waals surface area contributed by atoms with Crippen LogP contribution in [0.2, 0.25) is 5.02 Å². The average molecular weight is 527 g/mol. The molecule has 1 N–H and O–H groups in total. The third kappa shape index (κ3) is 5.62. The Labute approximate surface area is 225 Å². The summed E-state index contributed by atoms with van der Waals surface area (Å²) in [5.41, 5.74) is 2.86. The van der Waals surface area contributed by atoms with E-state index in [2.05, 4.69) is 45.7 Å². The first-order valence-electron chi connectivity index (χ1n) is 13.5. The highest BCUT2D eigenvalue weighted by molar-refractivity contribution is 6.30. The van der Waals surface area contributed by atoms with Gasteiger partial charge in [0, 0.05) is 49.4 Å². The standard InChI is InChI=1S/C28H39ClN6O2/c1-19-16-24(36)26-25(19)27(31-18-30-26)34-12-14-35(15-13-34)28(37)23(20-4-6-21(29)7-5-20)17-33-10-8-22(9-11-33)32(2)3/h4-7,18-19,22-24,36H,8-17H2,1-3H3/t19-,23-,24-/m1/s1. The SMILES string of the molecule is C[C@@H]1C[C@@H](O)c2ncnc(N3CCN(C(=O)[C@H](CN4CCC(N(C)C)CC4)c4ccc(Cl)cc4)CC3)c21. The molecule has 0 spiro atoms. The molecule has 9 heteroatoms. The highest BCUT2D eigenvalue weighted by Gasteiger charge is 2.35. The van der Waals surface area contributed by atoms with E-state index in [9.17, 15) is 9.90 Å². The molecule has 37 heavy (non-hydrogen) atoms. The van der Waals surface area contributed by atoms with E-state index in [0.29, 0.717) is 30.6 Å². The Morgan fingerprint density at radius 2 is 1.76 bits per heavy atom. The van der Waals surface area contributed by atoms with E-state index in [1.807, 2.05) is 29.2 Å². The molecule has 3 heterocycles. The number of aromatic nitrogens is 2. The van der Waals surface area contributed by atoms with E-state index in [1.54, 1.807) is 6.33 Å². The Morgan fingerprint density at radius 1 is 1.08 bits per heavy atom. The fraction of sp³-hybridized carbons (Fsp3) is 0.607. The molecule has 2 aliphatic heterocycles. The van der Waals surface area contributed by atoms with E-state index in [1.165, 1.54) is 0 Å². The predicted molar refractivity (Wildman–Crippen MR) is 146 cm³/mol. The van der Waals surface area contributed by atoms with Crippen molar-refractivity contribution in [2.75, 3.05) is 64.8 Å². The monoisotopic (exact) mass is 526 g/mol. The van der Waals surface area contributed by atoms with E-state index in [-0.39, 0.29) is 17.7 Å². The van der Waals surface area contributed by atoms with E-state index in [0.717, 1.165) is 68.2 Å². The fourth-order valence-corrected chi connectivity index (χ4v) is 6.34. The zero-order chi connectivity index (χ0) is 26.1. The highest BCUT2D eigenvalue weighted by atomic mass is 35.5. The van der Waals surface area contributed by atoms with Crippen molar-refractivity contribution in [2.45, 2.75) is 50.2 Å². The third-order valence-corrected chi connectivity index (χ3v) is 8.72. The molecule has 1 amide bonds. The van der Waals surface area contributed by atoms with Gasteiger partial charge in [0.25, 0.3) is 0 Å². The van der Waals surface area contributed by atoms with Gasteiger partial charge in [0.15, 0.2) is 0 Å². The molecule has 3 atom stereocenters. The maximum Gasteiger partial charge on any atom is 0.231 e. The second kappa shape index (κ2) is 11.2. The van der Waals surface area contributed by atoms with Crippen molar-refractivity contribution in [3.8, 4) is 0 Å². The highest BCUT2D eigenvalue weighted by Crippen LogP contribution is 2.42. The molecule has 0 bridgehead atoms. The number of aliphatic hydroxyl groups is 1. The summed E-state index contributed by atoms with van der Waals surface area (Å²) in [6, 6.07) is 8.40. The van der Waals surface area contributed by atoms with E-state index < -0.39 is 6.10 Å². The van der Waals surface area contributed by atoms with Gasteiger partial charge in [-0.25, -0.2) is 9.97 Å².